The molecule has 30 heavy (non-hydrogen) atoms. The van der Waals surface area contributed by atoms with Crippen molar-refractivity contribution in [2.24, 2.45) is 0 Å². The van der Waals surface area contributed by atoms with Crippen LogP contribution in [0.15, 0.2) is 47.4 Å². The highest BCUT2D eigenvalue weighted by molar-refractivity contribution is 7.98. The van der Waals surface area contributed by atoms with Crippen LogP contribution in [-0.4, -0.2) is 61.4 Å². The topological polar surface area (TPSA) is 45.7 Å². The van der Waals surface area contributed by atoms with Gasteiger partial charge in [0.2, 0.25) is 0 Å². The van der Waals surface area contributed by atoms with Gasteiger partial charge in [0.05, 0.1) is 17.9 Å². The van der Waals surface area contributed by atoms with E-state index >= 15 is 0 Å². The fourth-order valence-electron chi connectivity index (χ4n) is 3.26. The first-order valence-electron chi connectivity index (χ1n) is 9.47. The van der Waals surface area contributed by atoms with E-state index in [0.717, 1.165) is 29.2 Å². The summed E-state index contributed by atoms with van der Waals surface area (Å²) >= 11 is 2.98. The standard InChI is InChI=1S/C21H22FN3O2S2.ClH/c1-28-16-7-5-15(6-8-16)20(26)25(10-9-24-11-13-27-14-12-24)21-23-19-17(22)3-2-4-18(19)29-21;/h2-8H,9-14H2,1H3;1H. The summed E-state index contributed by atoms with van der Waals surface area (Å²) < 4.78 is 20.3. The van der Waals surface area contributed by atoms with Gasteiger partial charge in [0.15, 0.2) is 5.13 Å². The van der Waals surface area contributed by atoms with Crippen molar-refractivity contribution >= 4 is 56.8 Å². The van der Waals surface area contributed by atoms with Crippen molar-refractivity contribution in [1.82, 2.24) is 9.88 Å². The number of benzene rings is 2. The van der Waals surface area contributed by atoms with E-state index in [-0.39, 0.29) is 24.1 Å². The molecular weight excluding hydrogens is 445 g/mol. The summed E-state index contributed by atoms with van der Waals surface area (Å²) in [7, 11) is 0. The molecule has 1 amide bonds. The number of thioether (sulfide) groups is 1. The summed E-state index contributed by atoms with van der Waals surface area (Å²) in [5.74, 6) is -0.486. The van der Waals surface area contributed by atoms with E-state index in [9.17, 15) is 9.18 Å². The Kier molecular flexibility index (Phi) is 8.07. The van der Waals surface area contributed by atoms with Crippen LogP contribution in [0.5, 0.6) is 0 Å². The Morgan fingerprint density at radius 3 is 2.63 bits per heavy atom. The van der Waals surface area contributed by atoms with Crippen LogP contribution in [0.2, 0.25) is 0 Å². The van der Waals surface area contributed by atoms with Gasteiger partial charge in [0, 0.05) is 36.6 Å². The number of ether oxygens (including phenoxy) is 1. The molecule has 0 radical (unpaired) electrons. The molecule has 0 saturated carbocycles. The minimum atomic E-state index is -0.366. The van der Waals surface area contributed by atoms with Crippen molar-refractivity contribution in [2.45, 2.75) is 4.90 Å². The molecule has 0 bridgehead atoms. The van der Waals surface area contributed by atoms with E-state index in [0.29, 0.717) is 36.0 Å². The third kappa shape index (κ3) is 5.12. The maximum absolute atomic E-state index is 14.2. The van der Waals surface area contributed by atoms with Gasteiger partial charge in [0.25, 0.3) is 5.91 Å². The number of carbonyl (C=O) groups is 1. The van der Waals surface area contributed by atoms with Gasteiger partial charge in [-0.1, -0.05) is 17.4 Å². The third-order valence-electron chi connectivity index (χ3n) is 4.92. The first kappa shape index (κ1) is 23.0. The average Bonchev–Trinajstić information content (AvgIpc) is 3.20. The Bertz CT molecular complexity index is 994. The zero-order chi connectivity index (χ0) is 20.2. The van der Waals surface area contributed by atoms with Crippen molar-refractivity contribution in [3.8, 4) is 0 Å². The van der Waals surface area contributed by atoms with E-state index in [4.69, 9.17) is 4.74 Å². The van der Waals surface area contributed by atoms with E-state index in [1.54, 1.807) is 22.7 Å². The van der Waals surface area contributed by atoms with E-state index < -0.39 is 0 Å². The Morgan fingerprint density at radius 1 is 1.23 bits per heavy atom. The number of halogens is 2. The second kappa shape index (κ2) is 10.5. The Hall–Kier alpha value is -1.71. The molecule has 1 aromatic heterocycles. The zero-order valence-electron chi connectivity index (χ0n) is 16.5. The van der Waals surface area contributed by atoms with Gasteiger partial charge in [-0.25, -0.2) is 9.37 Å². The highest BCUT2D eigenvalue weighted by atomic mass is 35.5. The molecule has 1 saturated heterocycles. The zero-order valence-corrected chi connectivity index (χ0v) is 19.0. The number of nitrogens with zero attached hydrogens (tertiary/aromatic N) is 3. The van der Waals surface area contributed by atoms with Crippen LogP contribution in [-0.2, 0) is 4.74 Å². The summed E-state index contributed by atoms with van der Waals surface area (Å²) in [6.07, 6.45) is 2.00. The maximum atomic E-state index is 14.2. The summed E-state index contributed by atoms with van der Waals surface area (Å²) in [5.41, 5.74) is 0.916. The summed E-state index contributed by atoms with van der Waals surface area (Å²) in [5, 5.41) is 0.525. The van der Waals surface area contributed by atoms with Crippen LogP contribution in [0, 0.1) is 5.82 Å². The van der Waals surface area contributed by atoms with Crippen LogP contribution in [0.4, 0.5) is 9.52 Å². The molecule has 5 nitrogen and oxygen atoms in total. The first-order chi connectivity index (χ1) is 14.2. The van der Waals surface area contributed by atoms with Gasteiger partial charge in [-0.15, -0.1) is 24.2 Å². The van der Waals surface area contributed by atoms with E-state index in [1.165, 1.54) is 17.4 Å². The molecule has 2 aromatic carbocycles. The van der Waals surface area contributed by atoms with Crippen molar-refractivity contribution in [3.63, 3.8) is 0 Å². The van der Waals surface area contributed by atoms with Crippen molar-refractivity contribution in [2.75, 3.05) is 50.5 Å². The minimum absolute atomic E-state index is 0. The molecule has 1 fully saturated rings. The number of rotatable bonds is 6. The molecule has 2 heterocycles. The maximum Gasteiger partial charge on any atom is 0.260 e. The smallest absolute Gasteiger partial charge is 0.260 e. The number of anilines is 1. The SMILES string of the molecule is CSc1ccc(C(=O)N(CCN2CCOCC2)c2nc3c(F)cccc3s2)cc1.Cl. The van der Waals surface area contributed by atoms with Crippen LogP contribution in [0.3, 0.4) is 0 Å². The van der Waals surface area contributed by atoms with Gasteiger partial charge in [-0.3, -0.25) is 14.6 Å². The molecule has 0 spiro atoms. The molecule has 3 aromatic rings. The molecule has 0 atom stereocenters. The molecule has 4 rings (SSSR count). The van der Waals surface area contributed by atoms with Gasteiger partial charge in [-0.05, 0) is 42.7 Å². The molecular formula is C21H23ClFN3O2S2. The quantitative estimate of drug-likeness (QED) is 0.497. The largest absolute Gasteiger partial charge is 0.379 e. The van der Waals surface area contributed by atoms with Crippen LogP contribution < -0.4 is 4.90 Å². The van der Waals surface area contributed by atoms with Gasteiger partial charge in [0.1, 0.15) is 11.3 Å². The number of amides is 1. The van der Waals surface area contributed by atoms with E-state index in [2.05, 4.69) is 9.88 Å². The number of hydrogen-bond donors (Lipinski definition) is 0. The third-order valence-corrected chi connectivity index (χ3v) is 6.70. The molecule has 0 unspecified atom stereocenters. The summed E-state index contributed by atoms with van der Waals surface area (Å²) in [4.78, 5) is 22.8. The monoisotopic (exact) mass is 467 g/mol. The van der Waals surface area contributed by atoms with Gasteiger partial charge < -0.3 is 4.74 Å². The number of para-hydroxylation sites is 1. The number of morpholine rings is 1. The lowest BCUT2D eigenvalue weighted by Gasteiger charge is -2.29. The Morgan fingerprint density at radius 2 is 1.97 bits per heavy atom. The average molecular weight is 468 g/mol. The molecule has 0 N–H and O–H groups in total. The number of aromatic nitrogens is 1. The summed E-state index contributed by atoms with van der Waals surface area (Å²) in [6, 6.07) is 12.4. The number of thiazole rings is 1. The fourth-order valence-corrected chi connectivity index (χ4v) is 4.67. The van der Waals surface area contributed by atoms with Crippen LogP contribution in [0.1, 0.15) is 10.4 Å². The normalized spacial score (nSPS) is 14.5. The van der Waals surface area contributed by atoms with Crippen LogP contribution >= 0.6 is 35.5 Å². The molecule has 1 aliphatic rings. The number of fused-ring (bicyclic) bond motifs is 1. The van der Waals surface area contributed by atoms with Gasteiger partial charge >= 0.3 is 0 Å². The second-order valence-electron chi connectivity index (χ2n) is 6.72. The summed E-state index contributed by atoms with van der Waals surface area (Å²) in [6.45, 7) is 4.31. The molecule has 9 heteroatoms. The van der Waals surface area contributed by atoms with Crippen LogP contribution in [0.25, 0.3) is 10.2 Å². The minimum Gasteiger partial charge on any atom is -0.379 e. The lowest BCUT2D eigenvalue weighted by atomic mass is 10.2. The second-order valence-corrected chi connectivity index (χ2v) is 8.61. The van der Waals surface area contributed by atoms with Crippen molar-refractivity contribution < 1.29 is 13.9 Å². The highest BCUT2D eigenvalue weighted by Crippen LogP contribution is 2.31. The van der Waals surface area contributed by atoms with Crippen molar-refractivity contribution in [1.29, 1.82) is 0 Å². The predicted octanol–water partition coefficient (Wildman–Crippen LogP) is 4.56. The highest BCUT2D eigenvalue weighted by Gasteiger charge is 2.23. The van der Waals surface area contributed by atoms with E-state index in [1.807, 2.05) is 36.6 Å². The molecule has 0 aliphatic carbocycles. The molecule has 1 aliphatic heterocycles. The predicted molar refractivity (Wildman–Crippen MR) is 124 cm³/mol. The Labute approximate surface area is 189 Å². The lowest BCUT2D eigenvalue weighted by Crippen LogP contribution is -2.43. The number of hydrogen-bond acceptors (Lipinski definition) is 6. The fraction of sp³-hybridized carbons (Fsp3) is 0.333. The Balaban J connectivity index is 0.00000256. The van der Waals surface area contributed by atoms with Crippen molar-refractivity contribution in [3.05, 3.63) is 53.8 Å². The molecule has 160 valence electrons. The van der Waals surface area contributed by atoms with Gasteiger partial charge in [-0.2, -0.15) is 0 Å². The lowest BCUT2D eigenvalue weighted by molar-refractivity contribution is 0.0391. The first-order valence-corrected chi connectivity index (χ1v) is 11.5. The number of carbonyl (C=O) groups excluding carboxylic acids is 1.